The van der Waals surface area contributed by atoms with E-state index in [0.29, 0.717) is 12.4 Å². The first kappa shape index (κ1) is 14.8. The van der Waals surface area contributed by atoms with Gasteiger partial charge < -0.3 is 4.74 Å². The first-order valence-corrected chi connectivity index (χ1v) is 7.36. The Hall–Kier alpha value is -1.61. The van der Waals surface area contributed by atoms with Gasteiger partial charge in [0.15, 0.2) is 5.75 Å². The Labute approximate surface area is 125 Å². The molecule has 0 saturated carbocycles. The second kappa shape index (κ2) is 8.54. The Morgan fingerprint density at radius 2 is 1.60 bits per heavy atom. The van der Waals surface area contributed by atoms with Crippen molar-refractivity contribution in [3.05, 3.63) is 53.6 Å². The van der Waals surface area contributed by atoms with Crippen LogP contribution in [0.5, 0.6) is 5.75 Å². The van der Waals surface area contributed by atoms with Crippen LogP contribution in [0.15, 0.2) is 42.7 Å². The summed E-state index contributed by atoms with van der Waals surface area (Å²) in [6, 6.07) is 10.6. The van der Waals surface area contributed by atoms with Crippen molar-refractivity contribution in [2.45, 2.75) is 32.1 Å². The first-order chi connectivity index (χ1) is 9.84. The molecule has 1 aromatic carbocycles. The number of hydrogen-bond donors (Lipinski definition) is 0. The first-order valence-electron chi connectivity index (χ1n) is 6.99. The highest BCUT2D eigenvalue weighted by Crippen LogP contribution is 2.11. The molecule has 0 spiro atoms. The zero-order valence-electron chi connectivity index (χ0n) is 11.5. The van der Waals surface area contributed by atoms with Gasteiger partial charge in [-0.15, -0.1) is 0 Å². The van der Waals surface area contributed by atoms with Gasteiger partial charge in [0.2, 0.25) is 5.28 Å². The predicted molar refractivity (Wildman–Crippen MR) is 81.2 cm³/mol. The van der Waals surface area contributed by atoms with E-state index in [1.165, 1.54) is 24.8 Å². The van der Waals surface area contributed by atoms with Crippen LogP contribution in [0.4, 0.5) is 0 Å². The van der Waals surface area contributed by atoms with E-state index in [2.05, 4.69) is 40.3 Å². The Morgan fingerprint density at radius 3 is 2.35 bits per heavy atom. The van der Waals surface area contributed by atoms with Gasteiger partial charge in [-0.1, -0.05) is 43.2 Å². The molecule has 2 rings (SSSR count). The summed E-state index contributed by atoms with van der Waals surface area (Å²) in [4.78, 5) is 7.74. The van der Waals surface area contributed by atoms with Crippen LogP contribution < -0.4 is 4.74 Å². The fraction of sp³-hybridized carbons (Fsp3) is 0.375. The van der Waals surface area contributed by atoms with Crippen LogP contribution in [-0.2, 0) is 6.42 Å². The largest absolute Gasteiger partial charge is 0.490 e. The maximum atomic E-state index is 5.60. The van der Waals surface area contributed by atoms with E-state index >= 15 is 0 Å². The lowest BCUT2D eigenvalue weighted by atomic mass is 10.1. The SMILES string of the molecule is Clc1ncc(OCCCCCCc2ccccc2)cn1. The number of unbranched alkanes of at least 4 members (excludes halogenated alkanes) is 3. The lowest BCUT2D eigenvalue weighted by Crippen LogP contribution is -1.98. The van der Waals surface area contributed by atoms with Gasteiger partial charge in [0.25, 0.3) is 0 Å². The summed E-state index contributed by atoms with van der Waals surface area (Å²) < 4.78 is 5.54. The van der Waals surface area contributed by atoms with E-state index < -0.39 is 0 Å². The minimum absolute atomic E-state index is 0.248. The second-order valence-corrected chi connectivity index (χ2v) is 5.02. The molecule has 0 aliphatic heterocycles. The van der Waals surface area contributed by atoms with Gasteiger partial charge >= 0.3 is 0 Å². The third kappa shape index (κ3) is 5.57. The molecule has 0 unspecified atom stereocenters. The number of ether oxygens (including phenoxy) is 1. The second-order valence-electron chi connectivity index (χ2n) is 4.69. The van der Waals surface area contributed by atoms with Gasteiger partial charge in [-0.2, -0.15) is 0 Å². The Kier molecular flexibility index (Phi) is 6.32. The predicted octanol–water partition coefficient (Wildman–Crippen LogP) is 4.31. The molecular formula is C16H19ClN2O. The molecule has 2 aromatic rings. The molecule has 0 atom stereocenters. The van der Waals surface area contributed by atoms with Crippen LogP contribution in [-0.4, -0.2) is 16.6 Å². The summed E-state index contributed by atoms with van der Waals surface area (Å²) in [7, 11) is 0. The fourth-order valence-electron chi connectivity index (χ4n) is 1.99. The molecule has 0 amide bonds. The summed E-state index contributed by atoms with van der Waals surface area (Å²) in [6.07, 6.45) is 9.06. The van der Waals surface area contributed by atoms with E-state index in [9.17, 15) is 0 Å². The standard InChI is InChI=1S/C16H19ClN2O/c17-16-18-12-15(13-19-16)20-11-7-2-1-4-8-14-9-5-3-6-10-14/h3,5-6,9-10,12-13H,1-2,4,7-8,11H2. The molecule has 0 aliphatic carbocycles. The molecular weight excluding hydrogens is 272 g/mol. The van der Waals surface area contributed by atoms with Gasteiger partial charge in [0.05, 0.1) is 19.0 Å². The maximum absolute atomic E-state index is 5.60. The van der Waals surface area contributed by atoms with E-state index in [-0.39, 0.29) is 5.28 Å². The molecule has 0 saturated heterocycles. The van der Waals surface area contributed by atoms with Gasteiger partial charge in [-0.3, -0.25) is 0 Å². The monoisotopic (exact) mass is 290 g/mol. The molecule has 106 valence electrons. The topological polar surface area (TPSA) is 35.0 Å². The van der Waals surface area contributed by atoms with Crippen molar-refractivity contribution in [1.82, 2.24) is 9.97 Å². The number of benzene rings is 1. The third-order valence-electron chi connectivity index (χ3n) is 3.07. The van der Waals surface area contributed by atoms with E-state index in [0.717, 1.165) is 12.8 Å². The smallest absolute Gasteiger partial charge is 0.222 e. The highest BCUT2D eigenvalue weighted by Gasteiger charge is 1.97. The Bertz CT molecular complexity index is 488. The summed E-state index contributed by atoms with van der Waals surface area (Å²) >= 11 is 5.60. The lowest BCUT2D eigenvalue weighted by molar-refractivity contribution is 0.302. The van der Waals surface area contributed by atoms with Gasteiger partial charge in [-0.05, 0) is 36.4 Å². The van der Waals surface area contributed by atoms with Gasteiger partial charge in [0, 0.05) is 0 Å². The van der Waals surface area contributed by atoms with E-state index in [1.54, 1.807) is 12.4 Å². The zero-order chi connectivity index (χ0) is 14.0. The fourth-order valence-corrected chi connectivity index (χ4v) is 2.09. The maximum Gasteiger partial charge on any atom is 0.222 e. The van der Waals surface area contributed by atoms with Gasteiger partial charge in [0.1, 0.15) is 0 Å². The minimum Gasteiger partial charge on any atom is -0.490 e. The summed E-state index contributed by atoms with van der Waals surface area (Å²) in [5, 5.41) is 0.248. The molecule has 1 aromatic heterocycles. The summed E-state index contributed by atoms with van der Waals surface area (Å²) in [5.41, 5.74) is 1.42. The van der Waals surface area contributed by atoms with Crippen molar-refractivity contribution in [2.24, 2.45) is 0 Å². The molecule has 0 aliphatic rings. The molecule has 4 heteroatoms. The molecule has 3 nitrogen and oxygen atoms in total. The minimum atomic E-state index is 0.248. The summed E-state index contributed by atoms with van der Waals surface area (Å²) in [6.45, 7) is 0.705. The highest BCUT2D eigenvalue weighted by molar-refractivity contribution is 6.28. The highest BCUT2D eigenvalue weighted by atomic mass is 35.5. The van der Waals surface area contributed by atoms with Crippen LogP contribution in [0.25, 0.3) is 0 Å². The molecule has 0 radical (unpaired) electrons. The molecule has 0 N–H and O–H groups in total. The van der Waals surface area contributed by atoms with Gasteiger partial charge in [-0.25, -0.2) is 9.97 Å². The van der Waals surface area contributed by atoms with Crippen molar-refractivity contribution >= 4 is 11.6 Å². The van der Waals surface area contributed by atoms with Crippen molar-refractivity contribution in [2.75, 3.05) is 6.61 Å². The van der Waals surface area contributed by atoms with Crippen LogP contribution in [0.1, 0.15) is 31.2 Å². The average molecular weight is 291 g/mol. The number of halogens is 1. The average Bonchev–Trinajstić information content (AvgIpc) is 2.49. The van der Waals surface area contributed by atoms with Crippen molar-refractivity contribution < 1.29 is 4.74 Å². The molecule has 1 heterocycles. The number of nitrogens with zero attached hydrogens (tertiary/aromatic N) is 2. The number of aromatic nitrogens is 2. The van der Waals surface area contributed by atoms with Crippen molar-refractivity contribution in [1.29, 1.82) is 0 Å². The zero-order valence-corrected chi connectivity index (χ0v) is 12.2. The molecule has 0 fully saturated rings. The molecule has 0 bridgehead atoms. The number of rotatable bonds is 8. The summed E-state index contributed by atoms with van der Waals surface area (Å²) in [5.74, 6) is 0.679. The lowest BCUT2D eigenvalue weighted by Gasteiger charge is -2.05. The third-order valence-corrected chi connectivity index (χ3v) is 3.26. The Balaban J connectivity index is 1.51. The van der Waals surface area contributed by atoms with Crippen molar-refractivity contribution in [3.63, 3.8) is 0 Å². The van der Waals surface area contributed by atoms with E-state index in [1.807, 2.05) is 0 Å². The normalized spacial score (nSPS) is 10.4. The molecule has 20 heavy (non-hydrogen) atoms. The van der Waals surface area contributed by atoms with Crippen LogP contribution >= 0.6 is 11.6 Å². The van der Waals surface area contributed by atoms with Crippen molar-refractivity contribution in [3.8, 4) is 5.75 Å². The number of aryl methyl sites for hydroxylation is 1. The van der Waals surface area contributed by atoms with E-state index in [4.69, 9.17) is 16.3 Å². The Morgan fingerprint density at radius 1 is 0.900 bits per heavy atom. The van der Waals surface area contributed by atoms with Crippen LogP contribution in [0, 0.1) is 0 Å². The van der Waals surface area contributed by atoms with Crippen LogP contribution in [0.2, 0.25) is 5.28 Å². The quantitative estimate of drug-likeness (QED) is 0.537. The number of hydrogen-bond acceptors (Lipinski definition) is 3. The van der Waals surface area contributed by atoms with Crippen LogP contribution in [0.3, 0.4) is 0 Å².